The molecule has 0 spiro atoms. The number of pyridine rings is 2. The third-order valence-corrected chi connectivity index (χ3v) is 11.2. The Morgan fingerprint density at radius 3 is 1.28 bits per heavy atom. The first-order valence-electron chi connectivity index (χ1n) is 20.1. The lowest BCUT2D eigenvalue weighted by molar-refractivity contribution is -0.385. The molecule has 69 heavy (non-hydrogen) atoms. The fraction of sp³-hybridized carbons (Fsp3) is 0.174. The molecule has 6 rings (SSSR count). The van der Waals surface area contributed by atoms with Crippen molar-refractivity contribution >= 4 is 104 Å². The molecule has 0 fully saturated rings. The molecule has 15 nitrogen and oxygen atoms in total. The van der Waals surface area contributed by atoms with Crippen LogP contribution in [0.1, 0.15) is 36.2 Å². The van der Waals surface area contributed by atoms with Gasteiger partial charge in [-0.25, -0.2) is 9.97 Å². The smallest absolute Gasteiger partial charge is 0.273 e. The van der Waals surface area contributed by atoms with Gasteiger partial charge in [-0.1, -0.05) is 105 Å². The highest BCUT2D eigenvalue weighted by molar-refractivity contribution is 6.56. The maximum absolute atomic E-state index is 12.0. The number of nitrogens with zero attached hydrogens (tertiary/aromatic N) is 4. The SMILES string of the molecule is O=[N+]([O-])c1ccc(Oc2ccccn2)c(OC(CCOCCC(Oc2cc([N+](=O)[O-])ccc2Oc2ccccn2)c2c(Cl)cc(OCC=C(Cl)Cl)cc2Cl)c2c(Cl)cc(OCC=C(Cl)Cl)cc2Cl)c1. The highest BCUT2D eigenvalue weighted by Crippen LogP contribution is 2.44. The Morgan fingerprint density at radius 2 is 0.942 bits per heavy atom. The molecule has 2 aromatic heterocycles. The van der Waals surface area contributed by atoms with Crippen molar-refractivity contribution in [3.63, 3.8) is 0 Å². The molecule has 0 N–H and O–H groups in total. The second kappa shape index (κ2) is 25.9. The van der Waals surface area contributed by atoms with Gasteiger partial charge in [-0.2, -0.15) is 0 Å². The Bertz CT molecular complexity index is 2570. The number of halogens is 8. The largest absolute Gasteiger partial charge is 0.489 e. The lowest BCUT2D eigenvalue weighted by atomic mass is 10.1. The molecule has 0 radical (unpaired) electrons. The van der Waals surface area contributed by atoms with Crippen LogP contribution >= 0.6 is 92.8 Å². The summed E-state index contributed by atoms with van der Waals surface area (Å²) in [6.07, 6.45) is 3.89. The highest BCUT2D eigenvalue weighted by Gasteiger charge is 2.27. The predicted octanol–water partition coefficient (Wildman–Crippen LogP) is 15.6. The summed E-state index contributed by atoms with van der Waals surface area (Å²) in [5.74, 6) is 1.05. The molecule has 0 saturated heterocycles. The molecule has 2 atom stereocenters. The van der Waals surface area contributed by atoms with E-state index in [1.807, 2.05) is 0 Å². The summed E-state index contributed by atoms with van der Waals surface area (Å²) in [5, 5.41) is 24.4. The molecule has 0 aliphatic rings. The molecule has 0 aliphatic heterocycles. The van der Waals surface area contributed by atoms with Crippen LogP contribution in [-0.2, 0) is 4.74 Å². The molecule has 2 unspecified atom stereocenters. The van der Waals surface area contributed by atoms with Crippen LogP contribution in [0.25, 0.3) is 0 Å². The Morgan fingerprint density at radius 1 is 0.551 bits per heavy atom. The molecule has 0 aliphatic carbocycles. The maximum Gasteiger partial charge on any atom is 0.273 e. The van der Waals surface area contributed by atoms with Gasteiger partial charge in [0.2, 0.25) is 11.8 Å². The highest BCUT2D eigenvalue weighted by atomic mass is 35.5. The number of nitro benzene ring substituents is 2. The monoisotopic (exact) mass is 1100 g/mol. The average Bonchev–Trinajstić information content (AvgIpc) is 3.29. The fourth-order valence-electron chi connectivity index (χ4n) is 6.23. The third kappa shape index (κ3) is 15.8. The van der Waals surface area contributed by atoms with Gasteiger partial charge in [0.1, 0.15) is 45.9 Å². The minimum atomic E-state index is -1.03. The topological polar surface area (TPSA) is 177 Å². The molecule has 6 aromatic rings. The van der Waals surface area contributed by atoms with E-state index in [4.69, 9.17) is 126 Å². The summed E-state index contributed by atoms with van der Waals surface area (Å²) in [6, 6.07) is 23.7. The van der Waals surface area contributed by atoms with Crippen LogP contribution in [0.4, 0.5) is 11.4 Å². The molecular formula is C46H34Cl8N4O11. The molecular weight excluding hydrogens is 1070 g/mol. The van der Waals surface area contributed by atoms with E-state index in [1.54, 1.807) is 36.4 Å². The summed E-state index contributed by atoms with van der Waals surface area (Å²) in [4.78, 5) is 31.1. The van der Waals surface area contributed by atoms with E-state index in [1.165, 1.54) is 85.2 Å². The number of hydrogen-bond donors (Lipinski definition) is 0. The summed E-state index contributed by atoms with van der Waals surface area (Å²) < 4.78 is 42.6. The molecule has 0 bridgehead atoms. The van der Waals surface area contributed by atoms with E-state index in [-0.39, 0.29) is 137 Å². The van der Waals surface area contributed by atoms with Crippen molar-refractivity contribution in [3.8, 4) is 46.3 Å². The van der Waals surface area contributed by atoms with Crippen LogP contribution in [0.15, 0.2) is 131 Å². The quantitative estimate of drug-likeness (QED) is 0.0318. The zero-order valence-corrected chi connectivity index (χ0v) is 41.3. The number of ether oxygens (including phenoxy) is 7. The van der Waals surface area contributed by atoms with Gasteiger partial charge in [-0.15, -0.1) is 0 Å². The number of hydrogen-bond acceptors (Lipinski definition) is 13. The van der Waals surface area contributed by atoms with Crippen molar-refractivity contribution in [1.82, 2.24) is 9.97 Å². The summed E-state index contributed by atoms with van der Waals surface area (Å²) in [7, 11) is 0. The molecule has 360 valence electrons. The van der Waals surface area contributed by atoms with Crippen LogP contribution in [0.3, 0.4) is 0 Å². The van der Waals surface area contributed by atoms with Gasteiger partial charge < -0.3 is 33.2 Å². The zero-order chi connectivity index (χ0) is 49.5. The van der Waals surface area contributed by atoms with Crippen LogP contribution in [0.2, 0.25) is 20.1 Å². The van der Waals surface area contributed by atoms with Gasteiger partial charge in [0, 0.05) is 60.6 Å². The van der Waals surface area contributed by atoms with E-state index in [9.17, 15) is 20.2 Å². The standard InChI is InChI=1S/C46H34Cl8N4O11/c47-31-23-29(64-19-13-41(51)52)24-32(48)45(31)37(66-39-21-27(57(59)60)7-9-35(39)68-43-5-1-3-15-55-43)11-17-63-18-12-38(46-33(49)25-30(26-34(46)50)65-20-14-42(53)54)67-40-22-28(58(61)62)8-10-36(40)69-44-6-2-4-16-56-44/h1-10,13-16,21-26,37-38H,11-12,17-20H2. The Kier molecular flexibility index (Phi) is 19.9. The van der Waals surface area contributed by atoms with Gasteiger partial charge >= 0.3 is 0 Å². The van der Waals surface area contributed by atoms with Crippen LogP contribution in [-0.4, -0.2) is 46.2 Å². The minimum absolute atomic E-state index is 0.00392. The molecule has 4 aromatic carbocycles. The van der Waals surface area contributed by atoms with E-state index < -0.39 is 22.1 Å². The second-order valence-electron chi connectivity index (χ2n) is 13.9. The normalized spacial score (nSPS) is 11.7. The number of rotatable bonds is 24. The number of nitro groups is 2. The molecule has 0 saturated carbocycles. The van der Waals surface area contributed by atoms with Gasteiger partial charge in [0.05, 0.1) is 55.3 Å². The van der Waals surface area contributed by atoms with Crippen LogP contribution in [0, 0.1) is 20.2 Å². The molecule has 0 amide bonds. The Labute approximate surface area is 434 Å². The average molecular weight is 1100 g/mol. The van der Waals surface area contributed by atoms with Crippen molar-refractivity contribution < 1.29 is 43.0 Å². The Hall–Kier alpha value is -5.46. The van der Waals surface area contributed by atoms with E-state index >= 15 is 0 Å². The van der Waals surface area contributed by atoms with Gasteiger partial charge in [0.25, 0.3) is 11.4 Å². The van der Waals surface area contributed by atoms with Crippen molar-refractivity contribution in [2.45, 2.75) is 25.0 Å². The summed E-state index contributed by atoms with van der Waals surface area (Å²) >= 11 is 50.4. The van der Waals surface area contributed by atoms with Gasteiger partial charge in [0.15, 0.2) is 23.0 Å². The van der Waals surface area contributed by atoms with E-state index in [0.717, 1.165) is 0 Å². The van der Waals surface area contributed by atoms with E-state index in [2.05, 4.69) is 9.97 Å². The lowest BCUT2D eigenvalue weighted by Crippen LogP contribution is -2.16. The zero-order valence-electron chi connectivity index (χ0n) is 35.2. The summed E-state index contributed by atoms with van der Waals surface area (Å²) in [5.41, 5.74) is -0.0193. The first kappa shape index (κ1) is 52.9. The number of non-ortho nitro benzene ring substituents is 2. The minimum Gasteiger partial charge on any atom is -0.489 e. The molecule has 23 heteroatoms. The summed E-state index contributed by atoms with van der Waals surface area (Å²) in [6.45, 7) is -0.0701. The van der Waals surface area contributed by atoms with Crippen molar-refractivity contribution in [2.75, 3.05) is 26.4 Å². The first-order valence-corrected chi connectivity index (χ1v) is 23.1. The maximum atomic E-state index is 12.0. The van der Waals surface area contributed by atoms with Crippen molar-refractivity contribution in [1.29, 1.82) is 0 Å². The fourth-order valence-corrected chi connectivity index (χ4v) is 7.91. The number of aromatic nitrogens is 2. The van der Waals surface area contributed by atoms with Crippen LogP contribution in [0.5, 0.6) is 46.3 Å². The van der Waals surface area contributed by atoms with Gasteiger partial charge in [-0.05, 0) is 60.7 Å². The lowest BCUT2D eigenvalue weighted by Gasteiger charge is -2.25. The second-order valence-corrected chi connectivity index (χ2v) is 17.6. The van der Waals surface area contributed by atoms with Gasteiger partial charge in [-0.3, -0.25) is 20.2 Å². The van der Waals surface area contributed by atoms with Crippen molar-refractivity contribution in [3.05, 3.63) is 182 Å². The predicted molar refractivity (Wildman–Crippen MR) is 265 cm³/mol. The first-order chi connectivity index (χ1) is 33.1. The molecule has 2 heterocycles. The Balaban J connectivity index is 1.30. The van der Waals surface area contributed by atoms with E-state index in [0.29, 0.717) is 0 Å². The van der Waals surface area contributed by atoms with Crippen LogP contribution < -0.4 is 28.4 Å². The number of benzene rings is 4. The van der Waals surface area contributed by atoms with Crippen molar-refractivity contribution in [2.24, 2.45) is 0 Å². The third-order valence-electron chi connectivity index (χ3n) is 9.29.